The minimum atomic E-state index is -0.279. The van der Waals surface area contributed by atoms with E-state index in [-0.39, 0.29) is 34.9 Å². The molecule has 0 radical (unpaired) electrons. The highest BCUT2D eigenvalue weighted by atomic mass is 16.3. The van der Waals surface area contributed by atoms with Crippen LogP contribution in [0.5, 0.6) is 11.5 Å². The molecular weight excluding hydrogens is 414 g/mol. The predicted octanol–water partition coefficient (Wildman–Crippen LogP) is 6.23. The van der Waals surface area contributed by atoms with Crippen LogP contribution in [0.15, 0.2) is 12.1 Å². The van der Waals surface area contributed by atoms with Crippen LogP contribution >= 0.6 is 0 Å². The molecule has 0 bridgehead atoms. The first-order chi connectivity index (χ1) is 15.8. The Hall–Kier alpha value is -2.89. The van der Waals surface area contributed by atoms with Gasteiger partial charge in [0, 0.05) is 16.8 Å². The minimum Gasteiger partial charge on any atom is -0.505 e. The fourth-order valence-electron chi connectivity index (χ4n) is 5.63. The van der Waals surface area contributed by atoms with Crippen molar-refractivity contribution in [3.63, 3.8) is 0 Å². The number of benzene rings is 2. The van der Waals surface area contributed by atoms with Gasteiger partial charge in [-0.25, -0.2) is 0 Å². The van der Waals surface area contributed by atoms with E-state index >= 15 is 0 Å². The molecule has 2 aliphatic rings. The van der Waals surface area contributed by atoms with Gasteiger partial charge in [-0.15, -0.1) is 0 Å². The Bertz CT molecular complexity index is 1050. The van der Waals surface area contributed by atoms with Gasteiger partial charge >= 0.3 is 0 Å². The van der Waals surface area contributed by atoms with Gasteiger partial charge in [0.2, 0.25) is 0 Å². The second-order valence-electron chi connectivity index (χ2n) is 9.93. The number of aromatic hydroxyl groups is 2. The summed E-state index contributed by atoms with van der Waals surface area (Å²) < 4.78 is 0. The molecule has 33 heavy (non-hydrogen) atoms. The Morgan fingerprint density at radius 2 is 1.24 bits per heavy atom. The van der Waals surface area contributed by atoms with Crippen LogP contribution in [0.1, 0.15) is 109 Å². The summed E-state index contributed by atoms with van der Waals surface area (Å²) in [6, 6.07) is 3.70. The molecule has 6 heteroatoms. The van der Waals surface area contributed by atoms with Crippen LogP contribution in [0.25, 0.3) is 0 Å². The molecule has 0 heterocycles. The van der Waals surface area contributed by atoms with Crippen LogP contribution in [0.2, 0.25) is 0 Å². The highest BCUT2D eigenvalue weighted by Crippen LogP contribution is 2.44. The van der Waals surface area contributed by atoms with E-state index in [9.17, 15) is 15.0 Å². The molecule has 0 aromatic heterocycles. The van der Waals surface area contributed by atoms with E-state index in [1.54, 1.807) is 13.8 Å². The van der Waals surface area contributed by atoms with Crippen molar-refractivity contribution in [1.82, 2.24) is 0 Å². The third-order valence-electron chi connectivity index (χ3n) is 7.86. The van der Waals surface area contributed by atoms with Crippen molar-refractivity contribution in [2.24, 2.45) is 0 Å². The number of nitrogens with two attached hydrogens (primary N) is 2. The average molecular weight is 452 g/mol. The van der Waals surface area contributed by atoms with E-state index in [0.717, 1.165) is 62.5 Å². The number of anilines is 3. The molecular formula is C27H37N3O3. The summed E-state index contributed by atoms with van der Waals surface area (Å²) >= 11 is 0. The van der Waals surface area contributed by atoms with Crippen LogP contribution in [-0.2, 0) is 0 Å². The van der Waals surface area contributed by atoms with Crippen molar-refractivity contribution in [3.05, 3.63) is 39.9 Å². The van der Waals surface area contributed by atoms with Crippen molar-refractivity contribution in [3.8, 4) is 11.5 Å². The van der Waals surface area contributed by atoms with E-state index in [1.807, 2.05) is 12.1 Å². The van der Waals surface area contributed by atoms with E-state index in [1.165, 1.54) is 12.8 Å². The maximum atomic E-state index is 13.4. The molecule has 0 spiro atoms. The Morgan fingerprint density at radius 3 is 1.76 bits per heavy atom. The van der Waals surface area contributed by atoms with Gasteiger partial charge < -0.3 is 27.0 Å². The zero-order valence-electron chi connectivity index (χ0n) is 19.8. The largest absolute Gasteiger partial charge is 0.505 e. The van der Waals surface area contributed by atoms with Gasteiger partial charge in [-0.2, -0.15) is 0 Å². The SMILES string of the molecule is Cc1c(NC(=O)c2cc(C3CCCCC3)c(O)c(N)c2C)cc(C2CCCCC2)c(O)c1N. The fourth-order valence-corrected chi connectivity index (χ4v) is 5.63. The van der Waals surface area contributed by atoms with Crippen LogP contribution in [-0.4, -0.2) is 16.1 Å². The van der Waals surface area contributed by atoms with Gasteiger partial charge in [0.15, 0.2) is 0 Å². The number of amides is 1. The lowest BCUT2D eigenvalue weighted by Crippen LogP contribution is -2.18. The maximum absolute atomic E-state index is 13.4. The second kappa shape index (κ2) is 9.54. The van der Waals surface area contributed by atoms with Crippen LogP contribution in [0.3, 0.4) is 0 Å². The smallest absolute Gasteiger partial charge is 0.256 e. The van der Waals surface area contributed by atoms with Gasteiger partial charge in [-0.3, -0.25) is 4.79 Å². The lowest BCUT2D eigenvalue weighted by Gasteiger charge is -2.26. The summed E-state index contributed by atoms with van der Waals surface area (Å²) in [6.45, 7) is 3.57. The Balaban J connectivity index is 1.68. The molecule has 0 aliphatic heterocycles. The fraction of sp³-hybridized carbons (Fsp3) is 0.519. The lowest BCUT2D eigenvalue weighted by molar-refractivity contribution is 0.102. The van der Waals surface area contributed by atoms with Gasteiger partial charge in [0.25, 0.3) is 5.91 Å². The number of carbonyl (C=O) groups excluding carboxylic acids is 1. The summed E-state index contributed by atoms with van der Waals surface area (Å²) in [7, 11) is 0. The van der Waals surface area contributed by atoms with E-state index in [0.29, 0.717) is 28.1 Å². The molecule has 0 atom stereocenters. The first kappa shape index (κ1) is 23.3. The van der Waals surface area contributed by atoms with Crippen LogP contribution in [0, 0.1) is 13.8 Å². The summed E-state index contributed by atoms with van der Waals surface area (Å²) in [5.74, 6) is 0.445. The lowest BCUT2D eigenvalue weighted by atomic mass is 9.82. The van der Waals surface area contributed by atoms with Crippen molar-refractivity contribution in [2.75, 3.05) is 16.8 Å². The molecule has 2 saturated carbocycles. The van der Waals surface area contributed by atoms with Gasteiger partial charge in [0.05, 0.1) is 11.4 Å². The molecule has 1 amide bonds. The molecule has 7 N–H and O–H groups in total. The number of carbonyl (C=O) groups is 1. The number of rotatable bonds is 4. The van der Waals surface area contributed by atoms with Gasteiger partial charge in [0.1, 0.15) is 11.5 Å². The van der Waals surface area contributed by atoms with Gasteiger partial charge in [-0.1, -0.05) is 38.5 Å². The first-order valence-corrected chi connectivity index (χ1v) is 12.3. The highest BCUT2D eigenvalue weighted by molar-refractivity contribution is 6.07. The van der Waals surface area contributed by atoms with E-state index < -0.39 is 0 Å². The highest BCUT2D eigenvalue weighted by Gasteiger charge is 2.26. The molecule has 178 valence electrons. The van der Waals surface area contributed by atoms with E-state index in [4.69, 9.17) is 11.5 Å². The molecule has 4 rings (SSSR count). The van der Waals surface area contributed by atoms with E-state index in [2.05, 4.69) is 5.32 Å². The minimum absolute atomic E-state index is 0.112. The monoisotopic (exact) mass is 451 g/mol. The maximum Gasteiger partial charge on any atom is 0.256 e. The number of hydrogen-bond acceptors (Lipinski definition) is 5. The van der Waals surface area contributed by atoms with Crippen LogP contribution < -0.4 is 16.8 Å². The number of phenols is 2. The van der Waals surface area contributed by atoms with Crippen molar-refractivity contribution >= 4 is 23.0 Å². The van der Waals surface area contributed by atoms with Crippen molar-refractivity contribution < 1.29 is 15.0 Å². The summed E-state index contributed by atoms with van der Waals surface area (Å²) in [6.07, 6.45) is 11.0. The number of nitrogens with one attached hydrogen (secondary N) is 1. The Kier molecular flexibility index (Phi) is 6.73. The number of phenolic OH excluding ortho intramolecular Hbond substituents is 2. The summed E-state index contributed by atoms with van der Waals surface area (Å²) in [4.78, 5) is 13.4. The van der Waals surface area contributed by atoms with Crippen molar-refractivity contribution in [1.29, 1.82) is 0 Å². The number of hydrogen-bond donors (Lipinski definition) is 5. The van der Waals surface area contributed by atoms with Crippen molar-refractivity contribution in [2.45, 2.75) is 89.9 Å². The Morgan fingerprint density at radius 1 is 0.788 bits per heavy atom. The third-order valence-corrected chi connectivity index (χ3v) is 7.86. The molecule has 2 aromatic carbocycles. The molecule has 0 saturated heterocycles. The van der Waals surface area contributed by atoms with Crippen LogP contribution in [0.4, 0.5) is 17.1 Å². The molecule has 2 aliphatic carbocycles. The molecule has 2 aromatic rings. The second-order valence-corrected chi connectivity index (χ2v) is 9.93. The molecule has 0 unspecified atom stereocenters. The average Bonchev–Trinajstić information content (AvgIpc) is 2.84. The summed E-state index contributed by atoms with van der Waals surface area (Å²) in [5.41, 5.74) is 17.0. The third kappa shape index (κ3) is 4.48. The molecule has 6 nitrogen and oxygen atoms in total. The Labute approximate surface area is 196 Å². The topological polar surface area (TPSA) is 122 Å². The zero-order valence-corrected chi connectivity index (χ0v) is 19.8. The zero-order chi connectivity index (χ0) is 23.7. The normalized spacial score (nSPS) is 17.8. The van der Waals surface area contributed by atoms with Gasteiger partial charge in [-0.05, 0) is 80.2 Å². The quantitative estimate of drug-likeness (QED) is 0.214. The summed E-state index contributed by atoms with van der Waals surface area (Å²) in [5, 5.41) is 24.5. The standard InChI is InChI=1S/C27H37N3O3/c1-15-19(13-20(25(31)23(15)28)17-9-5-3-6-10-17)27(33)30-22-14-21(18-11-7-4-8-12-18)26(32)24(29)16(22)2/h13-14,17-18,31-32H,3-12,28-29H2,1-2H3,(H,30,33). The number of nitrogen functional groups attached to an aromatic ring is 2. The first-order valence-electron chi connectivity index (χ1n) is 12.3. The predicted molar refractivity (Wildman–Crippen MR) is 134 cm³/mol. The molecule has 2 fully saturated rings.